The first kappa shape index (κ1) is 12.5. The minimum atomic E-state index is 0.799. The fourth-order valence-electron chi connectivity index (χ4n) is 1.88. The lowest BCUT2D eigenvalue weighted by Gasteiger charge is -2.17. The molecule has 0 spiro atoms. The highest BCUT2D eigenvalue weighted by atomic mass is 15.3. The Bertz CT molecular complexity index is 472. The normalized spacial score (nSPS) is 10.6. The van der Waals surface area contributed by atoms with Crippen molar-refractivity contribution < 1.29 is 0 Å². The summed E-state index contributed by atoms with van der Waals surface area (Å²) in [6.45, 7) is 5.83. The second kappa shape index (κ2) is 5.62. The van der Waals surface area contributed by atoms with Gasteiger partial charge in [0.05, 0.1) is 0 Å². The molecule has 0 bridgehead atoms. The van der Waals surface area contributed by atoms with Crippen LogP contribution in [-0.4, -0.2) is 33.3 Å². The molecule has 0 aliphatic carbocycles. The molecule has 0 aromatic carbocycles. The minimum absolute atomic E-state index is 0.799. The van der Waals surface area contributed by atoms with Crippen LogP contribution >= 0.6 is 0 Å². The Hall–Kier alpha value is -1.91. The van der Waals surface area contributed by atoms with Crippen molar-refractivity contribution in [1.82, 2.24) is 19.7 Å². The molecular formula is C13H19N5. The smallest absolute Gasteiger partial charge is 0.225 e. The number of anilines is 1. The molecule has 0 radical (unpaired) electrons. The molecule has 0 aliphatic heterocycles. The van der Waals surface area contributed by atoms with Crippen molar-refractivity contribution in [3.05, 3.63) is 35.9 Å². The molecule has 0 fully saturated rings. The first-order chi connectivity index (χ1) is 8.65. The second-order valence-corrected chi connectivity index (χ2v) is 4.49. The molecule has 0 amide bonds. The molecule has 2 aromatic rings. The van der Waals surface area contributed by atoms with Crippen molar-refractivity contribution in [3.8, 4) is 0 Å². The highest BCUT2D eigenvalue weighted by Gasteiger charge is 2.05. The van der Waals surface area contributed by atoms with Gasteiger partial charge in [-0.2, -0.15) is 5.10 Å². The molecule has 2 aromatic heterocycles. The Labute approximate surface area is 107 Å². The van der Waals surface area contributed by atoms with E-state index in [9.17, 15) is 0 Å². The molecule has 0 N–H and O–H groups in total. The fourth-order valence-corrected chi connectivity index (χ4v) is 1.88. The van der Waals surface area contributed by atoms with Gasteiger partial charge >= 0.3 is 0 Å². The summed E-state index contributed by atoms with van der Waals surface area (Å²) in [6.07, 6.45) is 4.80. The number of hydrogen-bond acceptors (Lipinski definition) is 4. The second-order valence-electron chi connectivity index (χ2n) is 4.49. The molecule has 96 valence electrons. The molecule has 0 aliphatic rings. The summed E-state index contributed by atoms with van der Waals surface area (Å²) in [5.41, 5.74) is 2.02. The lowest BCUT2D eigenvalue weighted by molar-refractivity contribution is 0.575. The third-order valence-electron chi connectivity index (χ3n) is 2.75. The Morgan fingerprint density at radius 3 is 2.56 bits per heavy atom. The first-order valence-electron chi connectivity index (χ1n) is 6.16. The Morgan fingerprint density at radius 1 is 1.22 bits per heavy atom. The van der Waals surface area contributed by atoms with E-state index in [2.05, 4.69) is 20.0 Å². The summed E-state index contributed by atoms with van der Waals surface area (Å²) in [7, 11) is 2.03. The van der Waals surface area contributed by atoms with E-state index < -0.39 is 0 Å². The van der Waals surface area contributed by atoms with E-state index in [0.29, 0.717) is 0 Å². The summed E-state index contributed by atoms with van der Waals surface area (Å²) >= 11 is 0. The van der Waals surface area contributed by atoms with Crippen LogP contribution in [0, 0.1) is 13.8 Å². The van der Waals surface area contributed by atoms with Crippen LogP contribution in [-0.2, 0) is 6.54 Å². The average molecular weight is 245 g/mol. The lowest BCUT2D eigenvalue weighted by Crippen LogP contribution is -2.22. The number of aromatic nitrogens is 4. The molecule has 0 unspecified atom stereocenters. The van der Waals surface area contributed by atoms with Gasteiger partial charge in [-0.1, -0.05) is 0 Å². The van der Waals surface area contributed by atoms with Gasteiger partial charge in [-0.05, 0) is 32.4 Å². The Balaban J connectivity index is 1.89. The summed E-state index contributed by atoms with van der Waals surface area (Å²) < 4.78 is 1.94. The largest absolute Gasteiger partial charge is 0.344 e. The lowest BCUT2D eigenvalue weighted by atomic mass is 10.3. The van der Waals surface area contributed by atoms with Gasteiger partial charge in [0.1, 0.15) is 0 Å². The van der Waals surface area contributed by atoms with Crippen molar-refractivity contribution in [2.45, 2.75) is 26.8 Å². The quantitative estimate of drug-likeness (QED) is 0.806. The topological polar surface area (TPSA) is 46.8 Å². The Kier molecular flexibility index (Phi) is 3.92. The number of hydrogen-bond donors (Lipinski definition) is 0. The molecular weight excluding hydrogens is 226 g/mol. The van der Waals surface area contributed by atoms with E-state index in [1.54, 1.807) is 6.20 Å². The number of rotatable bonds is 5. The van der Waals surface area contributed by atoms with Gasteiger partial charge < -0.3 is 4.90 Å². The molecule has 5 nitrogen and oxygen atoms in total. The van der Waals surface area contributed by atoms with E-state index >= 15 is 0 Å². The Morgan fingerprint density at radius 2 is 1.94 bits per heavy atom. The molecule has 2 rings (SSSR count). The van der Waals surface area contributed by atoms with Crippen LogP contribution in [0.3, 0.4) is 0 Å². The highest BCUT2D eigenvalue weighted by Crippen LogP contribution is 2.08. The van der Waals surface area contributed by atoms with Crippen molar-refractivity contribution in [2.24, 2.45) is 0 Å². The van der Waals surface area contributed by atoms with Gasteiger partial charge in [0, 0.05) is 43.9 Å². The van der Waals surface area contributed by atoms with Crippen LogP contribution in [0.25, 0.3) is 0 Å². The molecule has 0 saturated carbocycles. The maximum atomic E-state index is 4.44. The maximum absolute atomic E-state index is 4.44. The zero-order valence-electron chi connectivity index (χ0n) is 11.2. The SMILES string of the molecule is Cc1cc(C)nc(N(C)CCCn2cccn2)n1. The van der Waals surface area contributed by atoms with E-state index in [4.69, 9.17) is 0 Å². The van der Waals surface area contributed by atoms with Crippen LogP contribution in [0.5, 0.6) is 0 Å². The maximum Gasteiger partial charge on any atom is 0.225 e. The van der Waals surface area contributed by atoms with Crippen LogP contribution in [0.1, 0.15) is 17.8 Å². The van der Waals surface area contributed by atoms with Gasteiger partial charge in [0.25, 0.3) is 0 Å². The number of aryl methyl sites for hydroxylation is 3. The summed E-state index contributed by atoms with van der Waals surface area (Å²) in [6, 6.07) is 3.93. The predicted octanol–water partition coefficient (Wildman–Crippen LogP) is 1.82. The molecule has 0 atom stereocenters. The van der Waals surface area contributed by atoms with E-state index in [0.717, 1.165) is 36.8 Å². The van der Waals surface area contributed by atoms with Crippen molar-refractivity contribution >= 4 is 5.95 Å². The third-order valence-corrected chi connectivity index (χ3v) is 2.75. The van der Waals surface area contributed by atoms with Gasteiger partial charge in [-0.3, -0.25) is 4.68 Å². The zero-order valence-corrected chi connectivity index (χ0v) is 11.2. The van der Waals surface area contributed by atoms with Crippen LogP contribution in [0.2, 0.25) is 0 Å². The fraction of sp³-hybridized carbons (Fsp3) is 0.462. The minimum Gasteiger partial charge on any atom is -0.344 e. The van der Waals surface area contributed by atoms with Crippen molar-refractivity contribution in [2.75, 3.05) is 18.5 Å². The summed E-state index contributed by atoms with van der Waals surface area (Å²) in [5.74, 6) is 0.799. The number of nitrogens with zero attached hydrogens (tertiary/aromatic N) is 5. The standard InChI is InChI=1S/C13H19N5/c1-11-10-12(2)16-13(15-11)17(3)7-5-9-18-8-4-6-14-18/h4,6,8,10H,5,7,9H2,1-3H3. The van der Waals surface area contributed by atoms with Gasteiger partial charge in [-0.25, -0.2) is 9.97 Å². The third kappa shape index (κ3) is 3.29. The molecule has 5 heteroatoms. The average Bonchev–Trinajstić information content (AvgIpc) is 2.80. The molecule has 2 heterocycles. The monoisotopic (exact) mass is 245 g/mol. The van der Waals surface area contributed by atoms with Crippen LogP contribution < -0.4 is 4.90 Å². The summed E-state index contributed by atoms with van der Waals surface area (Å²) in [5, 5.41) is 4.18. The van der Waals surface area contributed by atoms with Crippen LogP contribution in [0.15, 0.2) is 24.5 Å². The van der Waals surface area contributed by atoms with E-state index in [1.165, 1.54) is 0 Å². The van der Waals surface area contributed by atoms with Gasteiger partial charge in [-0.15, -0.1) is 0 Å². The van der Waals surface area contributed by atoms with E-state index in [-0.39, 0.29) is 0 Å². The van der Waals surface area contributed by atoms with Crippen LogP contribution in [0.4, 0.5) is 5.95 Å². The zero-order chi connectivity index (χ0) is 13.0. The molecule has 18 heavy (non-hydrogen) atoms. The van der Waals surface area contributed by atoms with Crippen molar-refractivity contribution in [3.63, 3.8) is 0 Å². The van der Waals surface area contributed by atoms with Crippen molar-refractivity contribution in [1.29, 1.82) is 0 Å². The van der Waals surface area contributed by atoms with Gasteiger partial charge in [0.15, 0.2) is 0 Å². The predicted molar refractivity (Wildman–Crippen MR) is 71.6 cm³/mol. The van der Waals surface area contributed by atoms with Gasteiger partial charge in [0.2, 0.25) is 5.95 Å². The van der Waals surface area contributed by atoms with E-state index in [1.807, 2.05) is 43.9 Å². The molecule has 0 saturated heterocycles. The highest BCUT2D eigenvalue weighted by molar-refractivity contribution is 5.30. The first-order valence-corrected chi connectivity index (χ1v) is 6.16. The summed E-state index contributed by atoms with van der Waals surface area (Å²) in [4.78, 5) is 11.0.